The van der Waals surface area contributed by atoms with Gasteiger partial charge < -0.3 is 4.74 Å². The van der Waals surface area contributed by atoms with Crippen molar-refractivity contribution in [2.75, 3.05) is 0 Å². The molecule has 0 rings (SSSR count). The fourth-order valence-electron chi connectivity index (χ4n) is 18.0. The topological polar surface area (TPSA) is 26.3 Å². The van der Waals surface area contributed by atoms with Gasteiger partial charge >= 0.3 is 5.97 Å². The van der Waals surface area contributed by atoms with Crippen LogP contribution >= 0.6 is 0 Å². The summed E-state index contributed by atoms with van der Waals surface area (Å²) < 4.78 is 8.47. The van der Waals surface area contributed by atoms with Crippen LogP contribution in [0.3, 0.4) is 0 Å². The molecule has 0 bridgehead atoms. The molecule has 0 saturated heterocycles. The van der Waals surface area contributed by atoms with Gasteiger partial charge in [-0.2, -0.15) is 0 Å². The molecule has 0 amide bonds. The van der Waals surface area contributed by atoms with Gasteiger partial charge in [-0.3, -0.25) is 4.79 Å². The highest BCUT2D eigenvalue weighted by molar-refractivity contribution is 5.70. The van der Waals surface area contributed by atoms with Crippen LogP contribution < -0.4 is 0 Å². The first kappa shape index (κ1) is 96.5. The number of hydrogen-bond donors (Lipinski definition) is 0. The van der Waals surface area contributed by atoms with E-state index >= 15 is 4.79 Å². The summed E-state index contributed by atoms with van der Waals surface area (Å²) in [5.41, 5.74) is -0.386. The third-order valence-electron chi connectivity index (χ3n) is 24.4. The highest BCUT2D eigenvalue weighted by Crippen LogP contribution is 2.63. The molecular weight excluding hydrogens is 1170 g/mol. The second kappa shape index (κ2) is 78.1. The van der Waals surface area contributed by atoms with Gasteiger partial charge in [-0.1, -0.05) is 524 Å². The molecule has 0 aliphatic heterocycles. The van der Waals surface area contributed by atoms with Crippen LogP contribution in [0.4, 0.5) is 0 Å². The third kappa shape index (κ3) is 57.5. The van der Waals surface area contributed by atoms with Crippen LogP contribution in [-0.2, 0) is 9.53 Å². The zero-order valence-corrected chi connectivity index (χ0v) is 69.5. The number of hydrogen-bond acceptors (Lipinski definition) is 2. The SMILES string of the molecule is CCCCCCCCCCCCCCCCCCC(CCCCCCCCCC)(CCCCCCCCCC)C(CCCCCCCCCC)(OC(=O)CCCCCCCCCCCCC)C(CCCCCCCCCC)(CCCCCCCCCC)CCCCCCCCCC. The highest BCUT2D eigenvalue weighted by atomic mass is 16.6. The molecule has 0 aromatic heterocycles. The van der Waals surface area contributed by atoms with Gasteiger partial charge in [0.25, 0.3) is 0 Å². The Labute approximate surface area is 616 Å². The summed E-state index contributed by atoms with van der Waals surface area (Å²) in [7, 11) is 0. The van der Waals surface area contributed by atoms with E-state index in [1.165, 1.54) is 514 Å². The van der Waals surface area contributed by atoms with Crippen molar-refractivity contribution >= 4 is 5.97 Å². The molecule has 582 valence electrons. The number of carbonyl (C=O) groups is 1. The fraction of sp³-hybridized carbons (Fsp3) is 0.989. The molecule has 0 aliphatic carbocycles. The number of esters is 1. The summed E-state index contributed by atoms with van der Waals surface area (Å²) >= 11 is 0. The molecule has 2 heteroatoms. The maximum Gasteiger partial charge on any atom is 0.306 e. The molecule has 0 aromatic rings. The minimum Gasteiger partial charge on any atom is -0.458 e. The Kier molecular flexibility index (Phi) is 77.6. The van der Waals surface area contributed by atoms with Crippen molar-refractivity contribution in [3.05, 3.63) is 0 Å². The van der Waals surface area contributed by atoms with Gasteiger partial charge in [0.15, 0.2) is 0 Å². The molecule has 0 aromatic carbocycles. The highest BCUT2D eigenvalue weighted by Gasteiger charge is 2.63. The molecule has 1 atom stereocenters. The first-order valence-corrected chi connectivity index (χ1v) is 47.1. The summed E-state index contributed by atoms with van der Waals surface area (Å²) in [6.07, 6.45) is 113. The van der Waals surface area contributed by atoms with Crippen LogP contribution in [0.2, 0.25) is 0 Å². The van der Waals surface area contributed by atoms with E-state index in [0.29, 0.717) is 6.42 Å². The quantitative estimate of drug-likeness (QED) is 0.0448. The predicted octanol–water partition coefficient (Wildman–Crippen LogP) is 35.8. The van der Waals surface area contributed by atoms with Crippen molar-refractivity contribution in [2.45, 2.75) is 594 Å². The fourth-order valence-corrected chi connectivity index (χ4v) is 18.0. The molecule has 0 N–H and O–H groups in total. The van der Waals surface area contributed by atoms with Gasteiger partial charge in [-0.25, -0.2) is 0 Å². The van der Waals surface area contributed by atoms with Crippen LogP contribution in [0.5, 0.6) is 0 Å². The van der Waals surface area contributed by atoms with Crippen molar-refractivity contribution in [3.63, 3.8) is 0 Å². The first-order chi connectivity index (χ1) is 47.9. The van der Waals surface area contributed by atoms with Gasteiger partial charge in [-0.15, -0.1) is 0 Å². The lowest BCUT2D eigenvalue weighted by atomic mass is 9.48. The molecule has 2 nitrogen and oxygen atoms in total. The second-order valence-electron chi connectivity index (χ2n) is 33.5. The van der Waals surface area contributed by atoms with Crippen molar-refractivity contribution in [3.8, 4) is 0 Å². The normalized spacial score (nSPS) is 12.8. The predicted molar refractivity (Wildman–Crippen MR) is 442 cm³/mol. The van der Waals surface area contributed by atoms with E-state index in [1.807, 2.05) is 0 Å². The van der Waals surface area contributed by atoms with Crippen molar-refractivity contribution in [2.24, 2.45) is 10.8 Å². The number of ether oxygens (including phenoxy) is 1. The lowest BCUT2D eigenvalue weighted by Gasteiger charge is -2.61. The monoisotopic (exact) mass is 1360 g/mol. The maximum atomic E-state index is 16.2. The van der Waals surface area contributed by atoms with Crippen molar-refractivity contribution < 1.29 is 9.53 Å². The van der Waals surface area contributed by atoms with E-state index in [0.717, 1.165) is 12.8 Å². The van der Waals surface area contributed by atoms with E-state index < -0.39 is 5.60 Å². The summed E-state index contributed by atoms with van der Waals surface area (Å²) in [6.45, 7) is 19.0. The number of carbonyl (C=O) groups excluding carboxylic acids is 1. The first-order valence-electron chi connectivity index (χ1n) is 47.1. The molecular formula is C95H190O2. The van der Waals surface area contributed by atoms with Crippen LogP contribution in [-0.4, -0.2) is 11.6 Å². The summed E-state index contributed by atoms with van der Waals surface area (Å²) in [4.78, 5) is 16.2. The van der Waals surface area contributed by atoms with Gasteiger partial charge in [0, 0.05) is 17.3 Å². The molecule has 0 radical (unpaired) electrons. The Bertz CT molecular complexity index is 1390. The van der Waals surface area contributed by atoms with Gasteiger partial charge in [0.2, 0.25) is 0 Å². The largest absolute Gasteiger partial charge is 0.458 e. The van der Waals surface area contributed by atoms with E-state index in [9.17, 15) is 0 Å². The maximum absolute atomic E-state index is 16.2. The lowest BCUT2D eigenvalue weighted by Crippen LogP contribution is -2.62. The Hall–Kier alpha value is -0.530. The summed E-state index contributed by atoms with van der Waals surface area (Å²) in [5.74, 6) is 0.242. The van der Waals surface area contributed by atoms with Crippen LogP contribution in [0.1, 0.15) is 588 Å². The molecule has 1 unspecified atom stereocenters. The van der Waals surface area contributed by atoms with Crippen LogP contribution in [0.15, 0.2) is 0 Å². The van der Waals surface area contributed by atoms with E-state index in [4.69, 9.17) is 4.74 Å². The van der Waals surface area contributed by atoms with Gasteiger partial charge in [-0.05, 0) is 57.8 Å². The average Bonchev–Trinajstić information content (AvgIpc) is 0.721. The average molecular weight is 1360 g/mol. The van der Waals surface area contributed by atoms with E-state index in [2.05, 4.69) is 55.4 Å². The molecule has 97 heavy (non-hydrogen) atoms. The molecule has 0 heterocycles. The van der Waals surface area contributed by atoms with Gasteiger partial charge in [0.05, 0.1) is 0 Å². The Morgan fingerprint density at radius 1 is 0.165 bits per heavy atom. The van der Waals surface area contributed by atoms with Crippen molar-refractivity contribution in [1.29, 1.82) is 0 Å². The number of unbranched alkanes of at least 4 members (excludes halogenated alkanes) is 67. The molecule has 0 spiro atoms. The Balaban J connectivity index is 8.38. The zero-order chi connectivity index (χ0) is 70.5. The molecule has 0 fully saturated rings. The molecule has 0 aliphatic rings. The van der Waals surface area contributed by atoms with Crippen LogP contribution in [0.25, 0.3) is 0 Å². The molecule has 0 saturated carbocycles. The Morgan fingerprint density at radius 2 is 0.289 bits per heavy atom. The smallest absolute Gasteiger partial charge is 0.306 e. The Morgan fingerprint density at radius 3 is 0.443 bits per heavy atom. The van der Waals surface area contributed by atoms with E-state index in [-0.39, 0.29) is 16.8 Å². The van der Waals surface area contributed by atoms with Crippen LogP contribution in [0, 0.1) is 10.8 Å². The summed E-state index contributed by atoms with van der Waals surface area (Å²) in [6, 6.07) is 0. The minimum absolute atomic E-state index is 0.0157. The van der Waals surface area contributed by atoms with E-state index in [1.54, 1.807) is 0 Å². The summed E-state index contributed by atoms with van der Waals surface area (Å²) in [5, 5.41) is 0. The third-order valence-corrected chi connectivity index (χ3v) is 24.4. The zero-order valence-electron chi connectivity index (χ0n) is 69.5. The lowest BCUT2D eigenvalue weighted by molar-refractivity contribution is -0.232. The van der Waals surface area contributed by atoms with Gasteiger partial charge in [0.1, 0.15) is 5.60 Å². The van der Waals surface area contributed by atoms with Crippen molar-refractivity contribution in [1.82, 2.24) is 0 Å². The minimum atomic E-state index is -0.418. The number of rotatable bonds is 86. The standard InChI is InChI=1S/C95H190O2/c1-9-17-25-33-41-49-51-52-53-54-55-57-59-66-74-82-90-94(88-80-72-64-46-38-30-22-14-6,89-81-73-65-47-39-31-23-15-7)95(91-83-75-67-48-40-32-24-16-8,97-92(96)84-76-68-60-58-56-50-42-34-26-18-10-2)93(85-77-69-61-43-35-27-19-11-3,86-78-70-62-44-36-28-20-12-4)87-79-71-63-45-37-29-21-13-5/h9-91H2,1-8H3. The second-order valence-corrected chi connectivity index (χ2v) is 33.5.